The lowest BCUT2D eigenvalue weighted by Gasteiger charge is -2.31. The standard InChI is InChI=1S/C24H36N4O5S/c1-3-27(4-2)34(31,32)20-9-10-22(26-11-13-33-14-12-26)21(16-20)25-24(30)18-15-23(29)28(17-18)19-7-5-6-8-19/h9-10,16,18-19H,3-8,11-15,17H2,1-2H3,(H,25,30)/t18-/m1/s1. The van der Waals surface area contributed by atoms with E-state index in [1.165, 1.54) is 4.31 Å². The minimum atomic E-state index is -3.68. The van der Waals surface area contributed by atoms with Crippen LogP contribution >= 0.6 is 0 Å². The Labute approximate surface area is 202 Å². The van der Waals surface area contributed by atoms with Crippen LogP contribution in [0, 0.1) is 5.92 Å². The molecule has 2 heterocycles. The Hall–Kier alpha value is -2.17. The van der Waals surface area contributed by atoms with Gasteiger partial charge in [0.2, 0.25) is 21.8 Å². The second-order valence-corrected chi connectivity index (χ2v) is 11.2. The number of nitrogens with one attached hydrogen (secondary N) is 1. The van der Waals surface area contributed by atoms with E-state index in [9.17, 15) is 18.0 Å². The normalized spacial score (nSPS) is 22.1. The Morgan fingerprint density at radius 2 is 1.82 bits per heavy atom. The first-order chi connectivity index (χ1) is 16.3. The van der Waals surface area contributed by atoms with Gasteiger partial charge in [-0.1, -0.05) is 26.7 Å². The summed E-state index contributed by atoms with van der Waals surface area (Å²) in [5.41, 5.74) is 1.24. The summed E-state index contributed by atoms with van der Waals surface area (Å²) in [5.74, 6) is -0.632. The summed E-state index contributed by atoms with van der Waals surface area (Å²) in [5, 5.41) is 2.99. The SMILES string of the molecule is CCN(CC)S(=O)(=O)c1ccc(N2CCOCC2)c(NC(=O)[C@@H]2CC(=O)N(C3CCCC3)C2)c1. The van der Waals surface area contributed by atoms with Crippen LogP contribution in [0.3, 0.4) is 0 Å². The predicted molar refractivity (Wildman–Crippen MR) is 130 cm³/mol. The third-order valence-electron chi connectivity index (χ3n) is 7.22. The third-order valence-corrected chi connectivity index (χ3v) is 9.26. The molecule has 3 fully saturated rings. The van der Waals surface area contributed by atoms with Crippen molar-refractivity contribution in [2.75, 3.05) is 56.2 Å². The van der Waals surface area contributed by atoms with Crippen LogP contribution in [0.15, 0.2) is 23.1 Å². The minimum Gasteiger partial charge on any atom is -0.378 e. The second kappa shape index (κ2) is 10.6. The molecular weight excluding hydrogens is 456 g/mol. The number of carbonyl (C=O) groups excluding carboxylic acids is 2. The van der Waals surface area contributed by atoms with E-state index in [-0.39, 0.29) is 29.2 Å². The van der Waals surface area contributed by atoms with Gasteiger partial charge in [0, 0.05) is 45.2 Å². The van der Waals surface area contributed by atoms with Crippen molar-refractivity contribution in [2.24, 2.45) is 5.92 Å². The lowest BCUT2D eigenvalue weighted by molar-refractivity contribution is -0.129. The van der Waals surface area contributed by atoms with Crippen molar-refractivity contribution in [3.8, 4) is 0 Å². The van der Waals surface area contributed by atoms with E-state index in [0.717, 1.165) is 31.4 Å². The summed E-state index contributed by atoms with van der Waals surface area (Å²) in [6, 6.07) is 5.18. The average Bonchev–Trinajstić information content (AvgIpc) is 3.50. The lowest BCUT2D eigenvalue weighted by Crippen LogP contribution is -2.37. The zero-order chi connectivity index (χ0) is 24.3. The Kier molecular flexibility index (Phi) is 7.79. The Balaban J connectivity index is 1.59. The summed E-state index contributed by atoms with van der Waals surface area (Å²) < 4.78 is 33.1. The van der Waals surface area contributed by atoms with Crippen LogP contribution < -0.4 is 10.2 Å². The molecule has 0 aromatic heterocycles. The van der Waals surface area contributed by atoms with Gasteiger partial charge in [-0.25, -0.2) is 8.42 Å². The quantitative estimate of drug-likeness (QED) is 0.598. The number of hydrogen-bond acceptors (Lipinski definition) is 6. The van der Waals surface area contributed by atoms with E-state index in [1.54, 1.807) is 32.0 Å². The van der Waals surface area contributed by atoms with E-state index in [1.807, 2.05) is 4.90 Å². The van der Waals surface area contributed by atoms with Gasteiger partial charge >= 0.3 is 0 Å². The number of likely N-dealkylation sites (tertiary alicyclic amines) is 1. The van der Waals surface area contributed by atoms with Gasteiger partial charge in [0.1, 0.15) is 0 Å². The van der Waals surface area contributed by atoms with Gasteiger partial charge in [-0.2, -0.15) is 4.31 Å². The molecule has 3 aliphatic rings. The van der Waals surface area contributed by atoms with Gasteiger partial charge < -0.3 is 19.9 Å². The smallest absolute Gasteiger partial charge is 0.243 e. The predicted octanol–water partition coefficient (Wildman–Crippen LogP) is 2.28. The number of amides is 2. The molecule has 9 nitrogen and oxygen atoms in total. The van der Waals surface area contributed by atoms with Gasteiger partial charge in [-0.3, -0.25) is 9.59 Å². The van der Waals surface area contributed by atoms with Crippen molar-refractivity contribution < 1.29 is 22.7 Å². The molecule has 188 valence electrons. The van der Waals surface area contributed by atoms with Gasteiger partial charge in [0.25, 0.3) is 0 Å². The van der Waals surface area contributed by atoms with Gasteiger partial charge in [-0.05, 0) is 31.0 Å². The molecule has 0 unspecified atom stereocenters. The Morgan fingerprint density at radius 3 is 2.47 bits per heavy atom. The molecule has 10 heteroatoms. The highest BCUT2D eigenvalue weighted by molar-refractivity contribution is 7.89. The molecule has 1 aromatic rings. The molecule has 0 radical (unpaired) electrons. The van der Waals surface area contributed by atoms with Crippen LogP contribution in [0.25, 0.3) is 0 Å². The highest BCUT2D eigenvalue weighted by Gasteiger charge is 2.39. The maximum absolute atomic E-state index is 13.3. The third kappa shape index (κ3) is 5.08. The van der Waals surface area contributed by atoms with Crippen LogP contribution in [0.5, 0.6) is 0 Å². The van der Waals surface area contributed by atoms with Gasteiger partial charge in [0.15, 0.2) is 0 Å². The van der Waals surface area contributed by atoms with E-state index in [2.05, 4.69) is 10.2 Å². The van der Waals surface area contributed by atoms with Crippen molar-refractivity contribution in [3.05, 3.63) is 18.2 Å². The number of ether oxygens (including phenoxy) is 1. The highest BCUT2D eigenvalue weighted by Crippen LogP contribution is 2.33. The minimum absolute atomic E-state index is 0.0401. The van der Waals surface area contributed by atoms with Crippen molar-refractivity contribution >= 4 is 33.2 Å². The second-order valence-electron chi connectivity index (χ2n) is 9.24. The summed E-state index contributed by atoms with van der Waals surface area (Å²) in [6.45, 7) is 7.23. The molecule has 2 amide bonds. The maximum Gasteiger partial charge on any atom is 0.243 e. The molecule has 1 N–H and O–H groups in total. The van der Waals surface area contributed by atoms with Crippen LogP contribution in [-0.4, -0.2) is 81.4 Å². The first-order valence-corrected chi connectivity index (χ1v) is 13.9. The van der Waals surface area contributed by atoms with E-state index < -0.39 is 15.9 Å². The van der Waals surface area contributed by atoms with E-state index in [4.69, 9.17) is 4.74 Å². The monoisotopic (exact) mass is 492 g/mol. The summed E-state index contributed by atoms with van der Waals surface area (Å²) in [4.78, 5) is 30.0. The van der Waals surface area contributed by atoms with Crippen LogP contribution in [0.2, 0.25) is 0 Å². The molecule has 1 aromatic carbocycles. The zero-order valence-corrected chi connectivity index (χ0v) is 21.0. The first-order valence-electron chi connectivity index (χ1n) is 12.4. The number of rotatable bonds is 8. The summed E-state index contributed by atoms with van der Waals surface area (Å²) in [7, 11) is -3.68. The molecular formula is C24H36N4O5S. The molecule has 34 heavy (non-hydrogen) atoms. The van der Waals surface area contributed by atoms with Crippen LogP contribution in [-0.2, 0) is 24.3 Å². The number of anilines is 2. The van der Waals surface area contributed by atoms with E-state index >= 15 is 0 Å². The molecule has 2 aliphatic heterocycles. The maximum atomic E-state index is 13.3. The van der Waals surface area contributed by atoms with Gasteiger partial charge in [-0.15, -0.1) is 0 Å². The summed E-state index contributed by atoms with van der Waals surface area (Å²) in [6.07, 6.45) is 4.47. The van der Waals surface area contributed by atoms with Crippen molar-refractivity contribution in [3.63, 3.8) is 0 Å². The Bertz CT molecular complexity index is 999. The fraction of sp³-hybridized carbons (Fsp3) is 0.667. The average molecular weight is 493 g/mol. The molecule has 2 saturated heterocycles. The number of nitrogens with zero attached hydrogens (tertiary/aromatic N) is 3. The number of hydrogen-bond donors (Lipinski definition) is 1. The fourth-order valence-electron chi connectivity index (χ4n) is 5.28. The summed E-state index contributed by atoms with van der Waals surface area (Å²) >= 11 is 0. The molecule has 1 aliphatic carbocycles. The number of carbonyl (C=O) groups is 2. The van der Waals surface area contributed by atoms with E-state index in [0.29, 0.717) is 51.6 Å². The van der Waals surface area contributed by atoms with Crippen LogP contribution in [0.4, 0.5) is 11.4 Å². The van der Waals surface area contributed by atoms with Crippen LogP contribution in [0.1, 0.15) is 46.0 Å². The first kappa shape index (κ1) is 24.9. The van der Waals surface area contributed by atoms with Crippen molar-refractivity contribution in [2.45, 2.75) is 56.9 Å². The molecule has 1 saturated carbocycles. The largest absolute Gasteiger partial charge is 0.378 e. The Morgan fingerprint density at radius 1 is 1.15 bits per heavy atom. The number of sulfonamides is 1. The molecule has 4 rings (SSSR count). The molecule has 0 bridgehead atoms. The number of benzene rings is 1. The van der Waals surface area contributed by atoms with Crippen molar-refractivity contribution in [1.82, 2.24) is 9.21 Å². The lowest BCUT2D eigenvalue weighted by atomic mass is 10.1. The highest BCUT2D eigenvalue weighted by atomic mass is 32.2. The molecule has 0 spiro atoms. The fourth-order valence-corrected chi connectivity index (χ4v) is 6.76. The topological polar surface area (TPSA) is 99.3 Å². The van der Waals surface area contributed by atoms with Gasteiger partial charge in [0.05, 0.1) is 35.4 Å². The van der Waals surface area contributed by atoms with Crippen molar-refractivity contribution in [1.29, 1.82) is 0 Å². The zero-order valence-electron chi connectivity index (χ0n) is 20.2. The molecule has 1 atom stereocenters. The number of morpholine rings is 1.